The number of thiazole rings is 1. The number of nitrogen functional groups attached to an aromatic ring is 1. The summed E-state index contributed by atoms with van der Waals surface area (Å²) in [5, 5.41) is 4.29. The Morgan fingerprint density at radius 1 is 1.11 bits per heavy atom. The van der Waals surface area contributed by atoms with Gasteiger partial charge in [-0.2, -0.15) is 0 Å². The Morgan fingerprint density at radius 3 is 2.72 bits per heavy atom. The zero-order chi connectivity index (χ0) is 24.7. The second-order valence-corrected chi connectivity index (χ2v) is 10.4. The summed E-state index contributed by atoms with van der Waals surface area (Å²) >= 11 is 1.65. The third-order valence-corrected chi connectivity index (χ3v) is 7.64. The van der Waals surface area contributed by atoms with E-state index in [4.69, 9.17) is 15.2 Å². The number of fused-ring (bicyclic) bond motifs is 2. The lowest BCUT2D eigenvalue weighted by molar-refractivity contribution is 0.174. The van der Waals surface area contributed by atoms with Crippen molar-refractivity contribution in [3.8, 4) is 11.5 Å². The Labute approximate surface area is 216 Å². The molecule has 1 aromatic carbocycles. The number of hydrogen-bond acceptors (Lipinski definition) is 10. The van der Waals surface area contributed by atoms with Crippen molar-refractivity contribution < 1.29 is 9.47 Å². The lowest BCUT2D eigenvalue weighted by Gasteiger charge is -2.34. The highest BCUT2D eigenvalue weighted by molar-refractivity contribution is 7.15. The van der Waals surface area contributed by atoms with Crippen molar-refractivity contribution in [3.63, 3.8) is 0 Å². The van der Waals surface area contributed by atoms with E-state index in [0.29, 0.717) is 12.8 Å². The van der Waals surface area contributed by atoms with Gasteiger partial charge in [0.25, 0.3) is 0 Å². The summed E-state index contributed by atoms with van der Waals surface area (Å²) < 4.78 is 10.8. The molecule has 0 amide bonds. The molecule has 0 spiro atoms. The van der Waals surface area contributed by atoms with Gasteiger partial charge in [0.05, 0.1) is 5.69 Å². The highest BCUT2D eigenvalue weighted by Gasteiger charge is 2.22. The van der Waals surface area contributed by atoms with Crippen LogP contribution >= 0.6 is 11.3 Å². The Kier molecular flexibility index (Phi) is 8.15. The third-order valence-electron chi connectivity index (χ3n) is 6.69. The van der Waals surface area contributed by atoms with Gasteiger partial charge in [0.2, 0.25) is 12.7 Å². The highest BCUT2D eigenvalue weighted by Crippen LogP contribution is 2.33. The van der Waals surface area contributed by atoms with Crippen LogP contribution < -0.4 is 25.4 Å². The molecule has 10 heteroatoms. The van der Waals surface area contributed by atoms with Gasteiger partial charge in [0.1, 0.15) is 0 Å². The molecule has 1 aliphatic carbocycles. The predicted molar refractivity (Wildman–Crippen MR) is 143 cm³/mol. The molecule has 3 aromatic rings. The van der Waals surface area contributed by atoms with Crippen LogP contribution in [0, 0.1) is 0 Å². The van der Waals surface area contributed by atoms with Gasteiger partial charge in [-0.05, 0) is 56.0 Å². The summed E-state index contributed by atoms with van der Waals surface area (Å²) in [5.41, 5.74) is 8.19. The predicted octanol–water partition coefficient (Wildman–Crippen LogP) is 3.11. The molecule has 6 rings (SSSR count). The average molecular weight is 510 g/mol. The molecule has 3 N–H and O–H groups in total. The van der Waals surface area contributed by atoms with Crippen molar-refractivity contribution in [3.05, 3.63) is 52.8 Å². The molecule has 1 atom stereocenters. The van der Waals surface area contributed by atoms with Crippen LogP contribution in [0.25, 0.3) is 0 Å². The third kappa shape index (κ3) is 6.24. The van der Waals surface area contributed by atoms with E-state index < -0.39 is 0 Å². The maximum Gasteiger partial charge on any atom is 0.231 e. The van der Waals surface area contributed by atoms with E-state index >= 15 is 0 Å². The minimum Gasteiger partial charge on any atom is -0.454 e. The Balaban J connectivity index is 0.000000165. The van der Waals surface area contributed by atoms with Gasteiger partial charge in [0.15, 0.2) is 16.6 Å². The van der Waals surface area contributed by atoms with Crippen LogP contribution in [-0.2, 0) is 19.4 Å². The van der Waals surface area contributed by atoms with E-state index in [0.717, 1.165) is 74.7 Å². The number of ether oxygens (including phenoxy) is 2. The van der Waals surface area contributed by atoms with Crippen LogP contribution in [0.1, 0.15) is 35.9 Å². The maximum atomic E-state index is 5.69. The quantitative estimate of drug-likeness (QED) is 0.519. The summed E-state index contributed by atoms with van der Waals surface area (Å²) in [4.78, 5) is 19.0. The van der Waals surface area contributed by atoms with Crippen LogP contribution in [0.3, 0.4) is 0 Å². The molecule has 2 aromatic heterocycles. The molecule has 36 heavy (non-hydrogen) atoms. The monoisotopic (exact) mass is 509 g/mol. The van der Waals surface area contributed by atoms with Gasteiger partial charge in [-0.15, -0.1) is 11.3 Å². The molecule has 9 nitrogen and oxygen atoms in total. The second-order valence-electron chi connectivity index (χ2n) is 9.32. The van der Waals surface area contributed by atoms with Crippen molar-refractivity contribution in [2.24, 2.45) is 0 Å². The molecule has 2 aliphatic heterocycles. The number of aromatic nitrogens is 3. The highest BCUT2D eigenvalue weighted by atomic mass is 32.1. The summed E-state index contributed by atoms with van der Waals surface area (Å²) in [6, 6.07) is 8.67. The Hall–Kier alpha value is -2.95. The lowest BCUT2D eigenvalue weighted by atomic mass is 9.98. The maximum absolute atomic E-state index is 5.69. The normalized spacial score (nSPS) is 18.9. The zero-order valence-electron chi connectivity index (χ0n) is 20.9. The summed E-state index contributed by atoms with van der Waals surface area (Å²) in [7, 11) is 0. The van der Waals surface area contributed by atoms with Crippen molar-refractivity contribution in [2.75, 3.05) is 50.2 Å². The van der Waals surface area contributed by atoms with E-state index in [1.165, 1.54) is 29.0 Å². The molecule has 3 aliphatic rings. The van der Waals surface area contributed by atoms with Gasteiger partial charge in [-0.1, -0.05) is 13.0 Å². The number of nitrogens with zero attached hydrogens (tertiary/aromatic N) is 5. The second kappa shape index (κ2) is 11.9. The molecule has 4 heterocycles. The van der Waals surface area contributed by atoms with Crippen LogP contribution in [0.4, 0.5) is 11.1 Å². The van der Waals surface area contributed by atoms with E-state index in [1.807, 2.05) is 12.1 Å². The van der Waals surface area contributed by atoms with E-state index in [9.17, 15) is 0 Å². The number of rotatable bonds is 6. The molecular weight excluding hydrogens is 474 g/mol. The first kappa shape index (κ1) is 24.7. The minimum absolute atomic E-state index is 0.328. The van der Waals surface area contributed by atoms with Gasteiger partial charge < -0.3 is 25.4 Å². The number of hydrogen-bond donors (Lipinski definition) is 2. The van der Waals surface area contributed by atoms with Gasteiger partial charge in [-0.3, -0.25) is 4.90 Å². The first-order valence-corrected chi connectivity index (χ1v) is 13.6. The van der Waals surface area contributed by atoms with Crippen LogP contribution in [0.15, 0.2) is 36.7 Å². The summed E-state index contributed by atoms with van der Waals surface area (Å²) in [5.74, 6) is 2.52. The summed E-state index contributed by atoms with van der Waals surface area (Å²) in [6.45, 7) is 8.50. The minimum atomic E-state index is 0.328. The summed E-state index contributed by atoms with van der Waals surface area (Å²) in [6.07, 6.45) is 8.20. The van der Waals surface area contributed by atoms with Crippen molar-refractivity contribution >= 4 is 22.4 Å². The average Bonchev–Trinajstić information content (AvgIpc) is 3.53. The fourth-order valence-corrected chi connectivity index (χ4v) is 5.73. The largest absolute Gasteiger partial charge is 0.454 e. The first-order valence-electron chi connectivity index (χ1n) is 12.8. The van der Waals surface area contributed by atoms with Gasteiger partial charge >= 0.3 is 0 Å². The van der Waals surface area contributed by atoms with Crippen molar-refractivity contribution in [2.45, 2.75) is 45.2 Å². The standard InChI is InChI=1S/C16H18N4O2.C10H17N3S/c1-4-17-16(18-5-1)20-8-6-19(7-9-20)11-13-2-3-14-15(10-13)22-12-21-14;1-2-5-12-7-3-4-8-9(6-7)14-10(11)13-8/h1-5,10H,6-9,11-12H2;7,12H,2-6H2,1H3,(H2,11,13)/t;7-/m.0/s1. The van der Waals surface area contributed by atoms with Crippen molar-refractivity contribution in [1.29, 1.82) is 0 Å². The topological polar surface area (TPSA) is 102 Å². The number of nitrogens with two attached hydrogens (primary N) is 1. The number of benzene rings is 1. The van der Waals surface area contributed by atoms with Crippen LogP contribution in [0.5, 0.6) is 11.5 Å². The van der Waals surface area contributed by atoms with Gasteiger partial charge in [-0.25, -0.2) is 15.0 Å². The zero-order valence-corrected chi connectivity index (χ0v) is 21.7. The Bertz CT molecular complexity index is 1120. The Morgan fingerprint density at radius 2 is 1.92 bits per heavy atom. The van der Waals surface area contributed by atoms with E-state index in [-0.39, 0.29) is 0 Å². The smallest absolute Gasteiger partial charge is 0.231 e. The van der Waals surface area contributed by atoms with Gasteiger partial charge in [0, 0.05) is 56.0 Å². The van der Waals surface area contributed by atoms with Crippen molar-refractivity contribution in [1.82, 2.24) is 25.2 Å². The van der Waals surface area contributed by atoms with E-state index in [2.05, 4.69) is 49.1 Å². The SMILES string of the molecule is CCCN[C@H]1CCc2nc(N)sc2C1.c1cnc(N2CCN(Cc3ccc4c(c3)OCO4)CC2)nc1. The number of anilines is 2. The molecule has 1 saturated heterocycles. The molecule has 0 bridgehead atoms. The fraction of sp³-hybridized carbons (Fsp3) is 0.500. The molecule has 0 saturated carbocycles. The molecular formula is C26H35N7O2S. The number of piperazine rings is 1. The number of aryl methyl sites for hydroxylation is 1. The van der Waals surface area contributed by atoms with Crippen LogP contribution in [0.2, 0.25) is 0 Å². The van der Waals surface area contributed by atoms with E-state index in [1.54, 1.807) is 23.7 Å². The molecule has 192 valence electrons. The first-order chi connectivity index (χ1) is 17.7. The molecule has 0 unspecified atom stereocenters. The lowest BCUT2D eigenvalue weighted by Crippen LogP contribution is -2.46. The van der Waals surface area contributed by atoms with Crippen LogP contribution in [-0.4, -0.2) is 65.4 Å². The number of nitrogens with one attached hydrogen (secondary N) is 1. The molecule has 0 radical (unpaired) electrons. The fourth-order valence-electron chi connectivity index (χ4n) is 4.78. The molecule has 1 fully saturated rings.